The van der Waals surface area contributed by atoms with E-state index in [9.17, 15) is 18.0 Å². The van der Waals surface area contributed by atoms with Crippen molar-refractivity contribution < 1.29 is 22.7 Å². The van der Waals surface area contributed by atoms with Gasteiger partial charge in [-0.1, -0.05) is 40.9 Å². The summed E-state index contributed by atoms with van der Waals surface area (Å²) in [4.78, 5) is 24.3. The maximum absolute atomic E-state index is 13.3. The third kappa shape index (κ3) is 6.49. The van der Waals surface area contributed by atoms with Crippen LogP contribution in [0, 0.1) is 0 Å². The summed E-state index contributed by atoms with van der Waals surface area (Å²) in [6, 6.07) is 16.3. The van der Waals surface area contributed by atoms with Gasteiger partial charge in [-0.3, -0.25) is 4.79 Å². The molecule has 11 heteroatoms. The zero-order chi connectivity index (χ0) is 24.9. The summed E-state index contributed by atoms with van der Waals surface area (Å²) >= 11 is 18.1. The average Bonchev–Trinajstić information content (AvgIpc) is 2.80. The maximum atomic E-state index is 13.3. The Kier molecular flexibility index (Phi) is 8.57. The van der Waals surface area contributed by atoms with Gasteiger partial charge >= 0.3 is 5.97 Å². The van der Waals surface area contributed by atoms with Crippen LogP contribution in [0.3, 0.4) is 0 Å². The van der Waals surface area contributed by atoms with Gasteiger partial charge < -0.3 is 10.1 Å². The standard InChI is InChI=1S/C23H19Cl3N2O5S/c1-33-23(30)15-3-8-19(9-4-15)27-22(29)14-28(13-16-2-5-18(25)12-21(16)26)34(31,32)20-10-6-17(24)7-11-20/h2-12H,13-14H2,1H3,(H,27,29). The van der Waals surface area contributed by atoms with Gasteiger partial charge in [-0.25, -0.2) is 13.2 Å². The third-order valence-corrected chi connectivity index (χ3v) is 7.37. The molecule has 0 bridgehead atoms. The number of carbonyl (C=O) groups excluding carboxylic acids is 2. The van der Waals surface area contributed by atoms with Crippen molar-refractivity contribution in [1.82, 2.24) is 4.31 Å². The fraction of sp³-hybridized carbons (Fsp3) is 0.130. The molecule has 0 heterocycles. The number of amides is 1. The van der Waals surface area contributed by atoms with Gasteiger partial charge in [0.15, 0.2) is 0 Å². The van der Waals surface area contributed by atoms with E-state index in [0.717, 1.165) is 4.31 Å². The van der Waals surface area contributed by atoms with Crippen molar-refractivity contribution in [2.45, 2.75) is 11.4 Å². The van der Waals surface area contributed by atoms with Crippen molar-refractivity contribution in [2.75, 3.05) is 19.0 Å². The van der Waals surface area contributed by atoms with Crippen molar-refractivity contribution in [1.29, 1.82) is 0 Å². The highest BCUT2D eigenvalue weighted by molar-refractivity contribution is 7.89. The number of carbonyl (C=O) groups is 2. The lowest BCUT2D eigenvalue weighted by molar-refractivity contribution is -0.116. The molecule has 0 fully saturated rings. The lowest BCUT2D eigenvalue weighted by atomic mass is 10.2. The molecular formula is C23H19Cl3N2O5S. The summed E-state index contributed by atoms with van der Waals surface area (Å²) in [7, 11) is -2.83. The summed E-state index contributed by atoms with van der Waals surface area (Å²) in [6.07, 6.45) is 0. The molecule has 0 saturated carbocycles. The topological polar surface area (TPSA) is 92.8 Å². The van der Waals surface area contributed by atoms with Gasteiger partial charge in [0.05, 0.1) is 24.1 Å². The minimum absolute atomic E-state index is 0.0304. The molecule has 0 aliphatic heterocycles. The van der Waals surface area contributed by atoms with Gasteiger partial charge in [-0.05, 0) is 66.2 Å². The first kappa shape index (κ1) is 26.0. The molecule has 0 aliphatic carbocycles. The van der Waals surface area contributed by atoms with Crippen LogP contribution in [0.1, 0.15) is 15.9 Å². The Balaban J connectivity index is 1.86. The van der Waals surface area contributed by atoms with Crippen LogP contribution in [0.25, 0.3) is 0 Å². The second-order valence-electron chi connectivity index (χ2n) is 7.08. The van der Waals surface area contributed by atoms with E-state index in [1.807, 2.05) is 0 Å². The van der Waals surface area contributed by atoms with E-state index >= 15 is 0 Å². The average molecular weight is 542 g/mol. The van der Waals surface area contributed by atoms with Gasteiger partial charge in [-0.15, -0.1) is 0 Å². The van der Waals surface area contributed by atoms with Crippen LogP contribution in [0.15, 0.2) is 71.6 Å². The Morgan fingerprint density at radius 1 is 0.912 bits per heavy atom. The molecule has 3 aromatic carbocycles. The van der Waals surface area contributed by atoms with E-state index in [1.54, 1.807) is 12.1 Å². The number of sulfonamides is 1. The van der Waals surface area contributed by atoms with Gasteiger partial charge in [0.1, 0.15) is 0 Å². The molecule has 3 aromatic rings. The van der Waals surface area contributed by atoms with Gasteiger partial charge in [0.2, 0.25) is 15.9 Å². The van der Waals surface area contributed by atoms with Gasteiger partial charge in [0.25, 0.3) is 0 Å². The molecule has 0 aliphatic rings. The molecule has 1 amide bonds. The number of rotatable bonds is 8. The lowest BCUT2D eigenvalue weighted by Crippen LogP contribution is -2.37. The normalized spacial score (nSPS) is 11.3. The number of anilines is 1. The fourth-order valence-corrected chi connectivity index (χ4v) is 4.96. The van der Waals surface area contributed by atoms with E-state index in [2.05, 4.69) is 10.1 Å². The molecule has 178 valence electrons. The number of esters is 1. The number of hydrogen-bond acceptors (Lipinski definition) is 5. The first-order valence-electron chi connectivity index (χ1n) is 9.78. The molecule has 0 radical (unpaired) electrons. The quantitative estimate of drug-likeness (QED) is 0.393. The molecule has 0 spiro atoms. The number of hydrogen-bond donors (Lipinski definition) is 1. The summed E-state index contributed by atoms with van der Waals surface area (Å²) in [5.74, 6) is -1.11. The lowest BCUT2D eigenvalue weighted by Gasteiger charge is -2.22. The zero-order valence-electron chi connectivity index (χ0n) is 17.8. The second kappa shape index (κ2) is 11.2. The van der Waals surface area contributed by atoms with Gasteiger partial charge in [-0.2, -0.15) is 4.31 Å². The van der Waals surface area contributed by atoms with Crippen LogP contribution in [0.4, 0.5) is 5.69 Å². The second-order valence-corrected chi connectivity index (χ2v) is 10.3. The molecule has 0 saturated heterocycles. The molecule has 0 atom stereocenters. The van der Waals surface area contributed by atoms with Crippen LogP contribution in [0.5, 0.6) is 0 Å². The summed E-state index contributed by atoms with van der Waals surface area (Å²) in [5, 5.41) is 3.66. The molecule has 1 N–H and O–H groups in total. The fourth-order valence-electron chi connectivity index (χ4n) is 2.99. The van der Waals surface area contributed by atoms with E-state index in [-0.39, 0.29) is 16.5 Å². The Morgan fingerprint density at radius 3 is 2.12 bits per heavy atom. The minimum atomic E-state index is -4.09. The number of halogens is 3. The zero-order valence-corrected chi connectivity index (χ0v) is 20.9. The Hall–Kier alpha value is -2.62. The first-order chi connectivity index (χ1) is 16.1. The Labute approximate surface area is 212 Å². The number of nitrogens with one attached hydrogen (secondary N) is 1. The van der Waals surface area contributed by atoms with E-state index in [4.69, 9.17) is 34.8 Å². The number of methoxy groups -OCH3 is 1. The van der Waals surface area contributed by atoms with Crippen LogP contribution in [-0.2, 0) is 26.1 Å². The highest BCUT2D eigenvalue weighted by Crippen LogP contribution is 2.26. The van der Waals surface area contributed by atoms with Crippen molar-refractivity contribution in [2.24, 2.45) is 0 Å². The highest BCUT2D eigenvalue weighted by atomic mass is 35.5. The molecule has 0 unspecified atom stereocenters. The van der Waals surface area contributed by atoms with E-state index in [1.165, 1.54) is 61.7 Å². The first-order valence-corrected chi connectivity index (χ1v) is 12.4. The molecule has 0 aromatic heterocycles. The molecule has 3 rings (SSSR count). The largest absolute Gasteiger partial charge is 0.465 e. The Bertz CT molecular complexity index is 1300. The van der Waals surface area contributed by atoms with Crippen molar-refractivity contribution >= 4 is 62.4 Å². The van der Waals surface area contributed by atoms with Crippen LogP contribution in [-0.4, -0.2) is 38.3 Å². The number of benzene rings is 3. The van der Waals surface area contributed by atoms with Crippen molar-refractivity contribution in [3.05, 3.63) is 92.9 Å². The summed E-state index contributed by atoms with van der Waals surface area (Å²) in [5.41, 5.74) is 1.16. The predicted octanol–water partition coefficient (Wildman–Crippen LogP) is 5.26. The smallest absolute Gasteiger partial charge is 0.337 e. The minimum Gasteiger partial charge on any atom is -0.465 e. The third-order valence-electron chi connectivity index (χ3n) is 4.72. The van der Waals surface area contributed by atoms with Crippen molar-refractivity contribution in [3.63, 3.8) is 0 Å². The molecule has 7 nitrogen and oxygen atoms in total. The predicted molar refractivity (Wildman–Crippen MR) is 132 cm³/mol. The monoisotopic (exact) mass is 540 g/mol. The maximum Gasteiger partial charge on any atom is 0.337 e. The van der Waals surface area contributed by atoms with Gasteiger partial charge in [0, 0.05) is 27.3 Å². The van der Waals surface area contributed by atoms with Crippen LogP contribution in [0.2, 0.25) is 15.1 Å². The SMILES string of the molecule is COC(=O)c1ccc(NC(=O)CN(Cc2ccc(Cl)cc2Cl)S(=O)(=O)c2ccc(Cl)cc2)cc1. The van der Waals surface area contributed by atoms with Crippen LogP contribution < -0.4 is 5.32 Å². The number of ether oxygens (including phenoxy) is 1. The van der Waals surface area contributed by atoms with Crippen molar-refractivity contribution in [3.8, 4) is 0 Å². The number of nitrogens with zero attached hydrogens (tertiary/aromatic N) is 1. The Morgan fingerprint density at radius 2 is 1.53 bits per heavy atom. The highest BCUT2D eigenvalue weighted by Gasteiger charge is 2.28. The van der Waals surface area contributed by atoms with Crippen LogP contribution >= 0.6 is 34.8 Å². The van der Waals surface area contributed by atoms with E-state index in [0.29, 0.717) is 26.9 Å². The molecular weight excluding hydrogens is 523 g/mol. The van der Waals surface area contributed by atoms with E-state index < -0.39 is 28.4 Å². The summed E-state index contributed by atoms with van der Waals surface area (Å²) in [6.45, 7) is -0.668. The summed E-state index contributed by atoms with van der Waals surface area (Å²) < 4.78 is 32.3. The molecule has 34 heavy (non-hydrogen) atoms.